The van der Waals surface area contributed by atoms with E-state index in [-0.39, 0.29) is 11.9 Å². The third-order valence-electron chi connectivity index (χ3n) is 4.64. The minimum atomic E-state index is -0.292. The van der Waals surface area contributed by atoms with Gasteiger partial charge in [-0.3, -0.25) is 9.69 Å². The van der Waals surface area contributed by atoms with E-state index in [2.05, 4.69) is 30.1 Å². The van der Waals surface area contributed by atoms with Crippen LogP contribution in [-0.2, 0) is 4.79 Å². The number of hydrogen-bond acceptors (Lipinski definition) is 3. The van der Waals surface area contributed by atoms with Gasteiger partial charge in [-0.2, -0.15) is 0 Å². The molecule has 1 fully saturated rings. The standard InChI is InChI=1S/C22H28N2O2/c1-16-13-17(2)15-20(14-16)26-12-11-24(3)21(18-7-5-4-6-8-18)22(25)23-19-9-10-19/h4-8,13-15,19,21H,9-12H2,1-3H3,(H,23,25). The number of benzene rings is 2. The maximum absolute atomic E-state index is 12.8. The van der Waals surface area contributed by atoms with Crippen LogP contribution in [0.3, 0.4) is 0 Å². The van der Waals surface area contributed by atoms with E-state index >= 15 is 0 Å². The molecule has 1 N–H and O–H groups in total. The molecule has 0 aliphatic heterocycles. The van der Waals surface area contributed by atoms with Gasteiger partial charge in [-0.05, 0) is 62.6 Å². The van der Waals surface area contributed by atoms with E-state index in [1.54, 1.807) is 0 Å². The molecular weight excluding hydrogens is 324 g/mol. The summed E-state index contributed by atoms with van der Waals surface area (Å²) in [6.45, 7) is 5.35. The predicted octanol–water partition coefficient (Wildman–Crippen LogP) is 3.63. The molecule has 4 heteroatoms. The maximum Gasteiger partial charge on any atom is 0.242 e. The molecule has 1 aliphatic rings. The maximum atomic E-state index is 12.8. The molecule has 2 aromatic rings. The molecule has 1 amide bonds. The normalized spacial score (nSPS) is 14.9. The molecule has 1 atom stereocenters. The van der Waals surface area contributed by atoms with Crippen molar-refractivity contribution >= 4 is 5.91 Å². The molecule has 4 nitrogen and oxygen atoms in total. The van der Waals surface area contributed by atoms with Crippen LogP contribution in [-0.4, -0.2) is 37.0 Å². The van der Waals surface area contributed by atoms with E-state index in [0.29, 0.717) is 19.2 Å². The Morgan fingerprint density at radius 2 is 1.81 bits per heavy atom. The van der Waals surface area contributed by atoms with Crippen molar-refractivity contribution in [2.75, 3.05) is 20.2 Å². The van der Waals surface area contributed by atoms with Crippen molar-refractivity contribution in [2.24, 2.45) is 0 Å². The van der Waals surface area contributed by atoms with E-state index in [4.69, 9.17) is 4.74 Å². The molecule has 0 bridgehead atoms. The monoisotopic (exact) mass is 352 g/mol. The Hall–Kier alpha value is -2.33. The molecule has 0 aromatic heterocycles. The molecule has 1 unspecified atom stereocenters. The number of carbonyl (C=O) groups excluding carboxylic acids is 1. The SMILES string of the molecule is Cc1cc(C)cc(OCCN(C)C(C(=O)NC2CC2)c2ccccc2)c1. The number of nitrogens with one attached hydrogen (secondary N) is 1. The van der Waals surface area contributed by atoms with Crippen molar-refractivity contribution in [1.29, 1.82) is 0 Å². The summed E-state index contributed by atoms with van der Waals surface area (Å²) in [6, 6.07) is 16.2. The summed E-state index contributed by atoms with van der Waals surface area (Å²) in [5.41, 5.74) is 3.40. The van der Waals surface area contributed by atoms with Gasteiger partial charge in [0.15, 0.2) is 0 Å². The molecule has 3 rings (SSSR count). The fourth-order valence-electron chi connectivity index (χ4n) is 3.20. The van der Waals surface area contributed by atoms with Gasteiger partial charge < -0.3 is 10.1 Å². The minimum Gasteiger partial charge on any atom is -0.492 e. The fourth-order valence-corrected chi connectivity index (χ4v) is 3.20. The highest BCUT2D eigenvalue weighted by Crippen LogP contribution is 2.24. The van der Waals surface area contributed by atoms with Crippen LogP contribution in [0.2, 0.25) is 0 Å². The summed E-state index contributed by atoms with van der Waals surface area (Å²) in [7, 11) is 1.98. The van der Waals surface area contributed by atoms with Crippen LogP contribution in [0.1, 0.15) is 35.6 Å². The van der Waals surface area contributed by atoms with Crippen molar-refractivity contribution in [1.82, 2.24) is 10.2 Å². The molecular formula is C22H28N2O2. The lowest BCUT2D eigenvalue weighted by molar-refractivity contribution is -0.126. The van der Waals surface area contributed by atoms with Crippen molar-refractivity contribution in [3.8, 4) is 5.75 Å². The number of carbonyl (C=O) groups is 1. The number of amides is 1. The number of rotatable bonds is 8. The first kappa shape index (κ1) is 18.5. The first-order valence-corrected chi connectivity index (χ1v) is 9.29. The second-order valence-electron chi connectivity index (χ2n) is 7.25. The van der Waals surface area contributed by atoms with Crippen molar-refractivity contribution in [3.63, 3.8) is 0 Å². The molecule has 0 heterocycles. The van der Waals surface area contributed by atoms with Crippen LogP contribution in [0, 0.1) is 13.8 Å². The predicted molar refractivity (Wildman–Crippen MR) is 104 cm³/mol. The molecule has 0 saturated heterocycles. The van der Waals surface area contributed by atoms with E-state index in [9.17, 15) is 4.79 Å². The quantitative estimate of drug-likeness (QED) is 0.789. The summed E-state index contributed by atoms with van der Waals surface area (Å²) >= 11 is 0. The summed E-state index contributed by atoms with van der Waals surface area (Å²) in [4.78, 5) is 14.8. The van der Waals surface area contributed by atoms with Gasteiger partial charge in [-0.25, -0.2) is 0 Å². The van der Waals surface area contributed by atoms with Crippen LogP contribution in [0.4, 0.5) is 0 Å². The number of hydrogen-bond donors (Lipinski definition) is 1. The second kappa shape index (κ2) is 8.37. The lowest BCUT2D eigenvalue weighted by Crippen LogP contribution is -2.41. The lowest BCUT2D eigenvalue weighted by Gasteiger charge is -2.27. The average molecular weight is 352 g/mol. The molecule has 0 spiro atoms. The van der Waals surface area contributed by atoms with Gasteiger partial charge >= 0.3 is 0 Å². The summed E-state index contributed by atoms with van der Waals surface area (Å²) in [5.74, 6) is 0.960. The molecule has 1 saturated carbocycles. The molecule has 26 heavy (non-hydrogen) atoms. The van der Waals surface area contributed by atoms with E-state index < -0.39 is 0 Å². The summed E-state index contributed by atoms with van der Waals surface area (Å²) in [6.07, 6.45) is 2.18. The van der Waals surface area contributed by atoms with Crippen molar-refractivity contribution < 1.29 is 9.53 Å². The number of ether oxygens (including phenoxy) is 1. The van der Waals surface area contributed by atoms with Crippen LogP contribution < -0.4 is 10.1 Å². The Morgan fingerprint density at radius 3 is 2.42 bits per heavy atom. The van der Waals surface area contributed by atoms with Crippen molar-refractivity contribution in [2.45, 2.75) is 38.8 Å². The number of likely N-dealkylation sites (N-methyl/N-ethyl adjacent to an activating group) is 1. The zero-order valence-corrected chi connectivity index (χ0v) is 15.9. The van der Waals surface area contributed by atoms with Crippen LogP contribution in [0.25, 0.3) is 0 Å². The molecule has 1 aliphatic carbocycles. The van der Waals surface area contributed by atoms with Crippen LogP contribution in [0.5, 0.6) is 5.75 Å². The van der Waals surface area contributed by atoms with Gasteiger partial charge in [0.2, 0.25) is 5.91 Å². The molecule has 2 aromatic carbocycles. The van der Waals surface area contributed by atoms with Gasteiger partial charge in [-0.1, -0.05) is 36.4 Å². The highest BCUT2D eigenvalue weighted by atomic mass is 16.5. The first-order chi connectivity index (χ1) is 12.5. The zero-order valence-electron chi connectivity index (χ0n) is 15.9. The number of nitrogens with zero attached hydrogens (tertiary/aromatic N) is 1. The van der Waals surface area contributed by atoms with Gasteiger partial charge in [0.25, 0.3) is 0 Å². The Morgan fingerprint density at radius 1 is 1.15 bits per heavy atom. The third kappa shape index (κ3) is 5.09. The fraction of sp³-hybridized carbons (Fsp3) is 0.409. The van der Waals surface area contributed by atoms with Gasteiger partial charge in [0.1, 0.15) is 18.4 Å². The Bertz CT molecular complexity index is 721. The largest absolute Gasteiger partial charge is 0.492 e. The zero-order chi connectivity index (χ0) is 18.5. The Labute approximate surface area is 156 Å². The second-order valence-corrected chi connectivity index (χ2v) is 7.25. The highest BCUT2D eigenvalue weighted by Gasteiger charge is 2.30. The highest BCUT2D eigenvalue weighted by molar-refractivity contribution is 5.83. The van der Waals surface area contributed by atoms with Gasteiger partial charge in [-0.15, -0.1) is 0 Å². The Balaban J connectivity index is 1.63. The minimum absolute atomic E-state index is 0.0765. The Kier molecular flexibility index (Phi) is 5.94. The third-order valence-corrected chi connectivity index (χ3v) is 4.64. The van der Waals surface area contributed by atoms with E-state index in [0.717, 1.165) is 24.2 Å². The summed E-state index contributed by atoms with van der Waals surface area (Å²) < 4.78 is 5.92. The number of aryl methyl sites for hydroxylation is 2. The molecule has 138 valence electrons. The van der Waals surface area contributed by atoms with Gasteiger partial charge in [0, 0.05) is 12.6 Å². The summed E-state index contributed by atoms with van der Waals surface area (Å²) in [5, 5.41) is 3.13. The van der Waals surface area contributed by atoms with Crippen LogP contribution >= 0.6 is 0 Å². The topological polar surface area (TPSA) is 41.6 Å². The van der Waals surface area contributed by atoms with Gasteiger partial charge in [0.05, 0.1) is 0 Å². The first-order valence-electron chi connectivity index (χ1n) is 9.29. The average Bonchev–Trinajstić information content (AvgIpc) is 3.39. The van der Waals surface area contributed by atoms with Crippen molar-refractivity contribution in [3.05, 3.63) is 65.2 Å². The van der Waals surface area contributed by atoms with E-state index in [1.165, 1.54) is 11.1 Å². The molecule has 0 radical (unpaired) electrons. The lowest BCUT2D eigenvalue weighted by atomic mass is 10.0. The van der Waals surface area contributed by atoms with E-state index in [1.807, 2.05) is 49.5 Å². The van der Waals surface area contributed by atoms with Crippen LogP contribution in [0.15, 0.2) is 48.5 Å². The smallest absolute Gasteiger partial charge is 0.242 e.